The molecule has 4 aromatic carbocycles. The van der Waals surface area contributed by atoms with Crippen molar-refractivity contribution in [3.05, 3.63) is 145 Å². The van der Waals surface area contributed by atoms with E-state index < -0.39 is 102 Å². The number of nitrogens with zero attached hydrogens (tertiary/aromatic N) is 6. The van der Waals surface area contributed by atoms with E-state index in [0.717, 1.165) is 22.4 Å². The maximum atomic E-state index is 15.8. The van der Waals surface area contributed by atoms with E-state index in [9.17, 15) is 68.7 Å². The third-order valence-electron chi connectivity index (χ3n) is 24.4. The number of anilines is 1. The van der Waals surface area contributed by atoms with Gasteiger partial charge in [-0.05, 0) is 124 Å². The first kappa shape index (κ1) is 108. The largest absolute Gasteiger partial charge is 0.479 e. The van der Waals surface area contributed by atoms with Crippen LogP contribution in [0.5, 0.6) is 5.75 Å². The topological polar surface area (TPSA) is 514 Å². The molecule has 0 saturated carbocycles. The molecular weight excluding hydrogens is 1830 g/mol. The molecule has 1 saturated heterocycles. The molecule has 6 amide bonds. The number of alkyl carbamates (subject to hydrolysis) is 1. The second-order valence-electron chi connectivity index (χ2n) is 34.4. The summed E-state index contributed by atoms with van der Waals surface area (Å²) in [4.78, 5) is 130. The number of carboxylic acids is 1. The van der Waals surface area contributed by atoms with Crippen molar-refractivity contribution >= 4 is 64.2 Å². The molecule has 0 bridgehead atoms. The monoisotopic (exact) mass is 1960 g/mol. The number of aliphatic hydroxyl groups is 4. The Bertz CT molecular complexity index is 5370. The standard InChI is InChI=1S/C98H130FN11O30/c1-6-98(124)71-54-77-85-69(58-109(77)93(119)70(71)60-137-96(98)122)84-73(24-23-66-62(4)72(99)55-75(104-85)83(66)84)105-97(123)138-59-63-22-25-78(139-95-90(117)88(115)89(116)91(140-95)94(120)121)65(53-63)56-102-79(111)26-29-101-92(118)74(103-81(113)20-11-12-21-82(114)108-57-64-15-7-8-16-67(64)86-87(110(61(2)3)107-106-86)68-17-9-10-19-76(68)108)18-13-14-28-100-80(112)27-30-126-33-34-128-37-38-130-41-42-132-45-46-134-49-50-136-52-51-135-48-47-133-44-43-131-40-39-129-36-35-127-32-31-125-5/h7-10,15-17,19,22,25,53-55,61,73-74,88-91,95,115-117,124H,6,11-14,18,20-21,23-24,26-52,56-60H2,1-5H3,(H,100,112)(H,101,118)(H,102,111)(H,103,113)(H,105,123)(H,120,121). The summed E-state index contributed by atoms with van der Waals surface area (Å²) >= 11 is 0. The van der Waals surface area contributed by atoms with Crippen LogP contribution >= 0.6 is 0 Å². The molecule has 41 nitrogen and oxygen atoms in total. The van der Waals surface area contributed by atoms with Gasteiger partial charge >= 0.3 is 18.0 Å². The van der Waals surface area contributed by atoms with Gasteiger partial charge in [0, 0.05) is 97.7 Å². The van der Waals surface area contributed by atoms with Crippen molar-refractivity contribution in [1.82, 2.24) is 51.1 Å². The summed E-state index contributed by atoms with van der Waals surface area (Å²) in [7, 11) is 1.63. The minimum absolute atomic E-state index is 0.0304. The number of carbonyl (C=O) groups excluding carboxylic acids is 7. The van der Waals surface area contributed by atoms with Gasteiger partial charge in [0.1, 0.15) is 54.8 Å². The van der Waals surface area contributed by atoms with E-state index in [1.807, 2.05) is 67.1 Å². The number of methoxy groups -OCH3 is 1. The van der Waals surface area contributed by atoms with E-state index >= 15 is 4.39 Å². The molecule has 8 atom stereocenters. The normalized spacial score (nSPS) is 18.0. The van der Waals surface area contributed by atoms with Gasteiger partial charge in [-0.3, -0.25) is 28.8 Å². The van der Waals surface area contributed by atoms with Gasteiger partial charge in [0.2, 0.25) is 35.8 Å². The van der Waals surface area contributed by atoms with Crippen LogP contribution in [0.3, 0.4) is 0 Å². The van der Waals surface area contributed by atoms with Crippen LogP contribution in [0.15, 0.2) is 83.7 Å². The Morgan fingerprint density at radius 2 is 1.22 bits per heavy atom. The van der Waals surface area contributed by atoms with Crippen LogP contribution < -0.4 is 41.8 Å². The molecule has 12 rings (SSSR count). The number of aliphatic carboxylic acids is 1. The first-order valence-electron chi connectivity index (χ1n) is 47.7. The first-order valence-corrected chi connectivity index (χ1v) is 47.7. The Balaban J connectivity index is 0.591. The molecule has 1 fully saturated rings. The van der Waals surface area contributed by atoms with Gasteiger partial charge in [0.05, 0.1) is 205 Å². The number of nitrogens with one attached hydrogen (secondary N) is 5. The number of hydrogen-bond acceptors (Lipinski definition) is 32. The highest BCUT2D eigenvalue weighted by molar-refractivity contribution is 6.01. The summed E-state index contributed by atoms with van der Waals surface area (Å²) in [6.07, 6.45) is -9.23. The lowest BCUT2D eigenvalue weighted by Gasteiger charge is -2.38. The summed E-state index contributed by atoms with van der Waals surface area (Å²) in [6.45, 7) is 15.8. The molecule has 10 N–H and O–H groups in total. The van der Waals surface area contributed by atoms with Crippen LogP contribution in [0.1, 0.15) is 154 Å². The summed E-state index contributed by atoms with van der Waals surface area (Å²) in [5.41, 5.74) is 5.61. The SMILES string of the molecule is CCC1(O)C(=O)OCc2c1cc1n(c2=O)Cc2c-1nc1cc(F)c(C)c3c1c2C(NC(=O)OCc1ccc(OC2OC(C(=O)O)C(O)C(O)C2O)c(CNC(=O)CCNC(=O)C(CCCCNC(=O)CCOCCOCCOCCOCCOCCOCCOCCOCCOCCOCCOCCOC)NC(=O)CCCCC(=O)N2Cc4ccccc4-c4nnn(C(C)C)c4-c4ccccc42)c1)CC3. The molecule has 140 heavy (non-hydrogen) atoms. The molecule has 764 valence electrons. The number of benzene rings is 4. The molecule has 0 spiro atoms. The molecule has 1 aliphatic carbocycles. The molecule has 3 aromatic heterocycles. The summed E-state index contributed by atoms with van der Waals surface area (Å²) in [6, 6.07) is 20.5. The van der Waals surface area contributed by atoms with Crippen LogP contribution in [0.25, 0.3) is 44.8 Å². The molecule has 7 heterocycles. The van der Waals surface area contributed by atoms with Crippen LogP contribution in [0.4, 0.5) is 14.9 Å². The highest BCUT2D eigenvalue weighted by Gasteiger charge is 2.50. The van der Waals surface area contributed by atoms with Gasteiger partial charge in [-0.15, -0.1) is 5.10 Å². The van der Waals surface area contributed by atoms with Crippen LogP contribution in [0.2, 0.25) is 0 Å². The van der Waals surface area contributed by atoms with Gasteiger partial charge in [-0.25, -0.2) is 28.4 Å². The zero-order valence-electron chi connectivity index (χ0n) is 79.8. The fourth-order valence-corrected chi connectivity index (χ4v) is 17.0. The van der Waals surface area contributed by atoms with Gasteiger partial charge < -0.3 is 137 Å². The number of esters is 1. The lowest BCUT2D eigenvalue weighted by atomic mass is 9.81. The number of aryl methyl sites for hydroxylation is 1. The highest BCUT2D eigenvalue weighted by Crippen LogP contribution is 2.47. The zero-order chi connectivity index (χ0) is 99.5. The third kappa shape index (κ3) is 29.4. The number of fused-ring (bicyclic) bond motifs is 10. The van der Waals surface area contributed by atoms with Crippen molar-refractivity contribution in [2.75, 3.05) is 177 Å². The quantitative estimate of drug-likeness (QED) is 0.0168. The van der Waals surface area contributed by atoms with Crippen molar-refractivity contribution < 1.29 is 144 Å². The average Bonchev–Trinajstić information content (AvgIpc) is 1.53. The molecule has 8 unspecified atom stereocenters. The Labute approximate surface area is 809 Å². The lowest BCUT2D eigenvalue weighted by molar-refractivity contribution is -0.271. The van der Waals surface area contributed by atoms with Crippen molar-refractivity contribution in [2.45, 2.75) is 192 Å². The number of para-hydroxylation sites is 1. The lowest BCUT2D eigenvalue weighted by Crippen LogP contribution is -2.61. The molecular formula is C98H130FN11O30. The van der Waals surface area contributed by atoms with Crippen LogP contribution in [-0.4, -0.2) is 307 Å². The highest BCUT2D eigenvalue weighted by atomic mass is 19.1. The Hall–Kier alpha value is -11.0. The fraction of sp³-hybridized carbons (Fsp3) is 0.571. The second-order valence-corrected chi connectivity index (χ2v) is 34.4. The molecule has 7 aromatic rings. The van der Waals surface area contributed by atoms with E-state index in [1.54, 1.807) is 25.9 Å². The van der Waals surface area contributed by atoms with Crippen molar-refractivity contribution in [2.24, 2.45) is 0 Å². The number of aliphatic hydroxyl groups excluding tert-OH is 3. The van der Waals surface area contributed by atoms with E-state index in [4.69, 9.17) is 80.8 Å². The van der Waals surface area contributed by atoms with Crippen molar-refractivity contribution in [1.29, 1.82) is 0 Å². The van der Waals surface area contributed by atoms with Gasteiger partial charge in [-0.1, -0.05) is 60.7 Å². The summed E-state index contributed by atoms with van der Waals surface area (Å²) in [5, 5.41) is 77.6. The minimum atomic E-state index is -2.12. The van der Waals surface area contributed by atoms with E-state index in [2.05, 4.69) is 36.9 Å². The number of cyclic esters (lactones) is 1. The number of halogens is 1. The van der Waals surface area contributed by atoms with Crippen molar-refractivity contribution in [3.63, 3.8) is 0 Å². The minimum Gasteiger partial charge on any atom is -0.479 e. The van der Waals surface area contributed by atoms with E-state index in [0.29, 0.717) is 202 Å². The number of carbonyl (C=O) groups is 8. The Morgan fingerprint density at radius 1 is 0.621 bits per heavy atom. The number of rotatable bonds is 61. The molecule has 4 aliphatic heterocycles. The van der Waals surface area contributed by atoms with E-state index in [1.165, 1.54) is 34.9 Å². The van der Waals surface area contributed by atoms with Crippen LogP contribution in [0, 0.1) is 12.7 Å². The number of aromatic nitrogens is 5. The predicted octanol–water partition coefficient (Wildman–Crippen LogP) is 5.44. The molecule has 0 radical (unpaired) electrons. The van der Waals surface area contributed by atoms with Crippen LogP contribution in [-0.2, 0) is 149 Å². The Morgan fingerprint density at radius 3 is 1.84 bits per heavy atom. The average molecular weight is 1960 g/mol. The van der Waals surface area contributed by atoms with E-state index in [-0.39, 0.29) is 168 Å². The third-order valence-corrected chi connectivity index (χ3v) is 24.4. The predicted molar refractivity (Wildman–Crippen MR) is 500 cm³/mol. The molecule has 5 aliphatic rings. The van der Waals surface area contributed by atoms with Gasteiger partial charge in [0.15, 0.2) is 11.7 Å². The van der Waals surface area contributed by atoms with Gasteiger partial charge in [0.25, 0.3) is 5.56 Å². The number of hydrogen-bond donors (Lipinski definition) is 10. The maximum absolute atomic E-state index is 15.8. The Kier molecular flexibility index (Phi) is 42.2. The first-order chi connectivity index (χ1) is 67.9. The summed E-state index contributed by atoms with van der Waals surface area (Å²) < 4.78 is 107. The smallest absolute Gasteiger partial charge is 0.407 e. The second kappa shape index (κ2) is 54.8. The summed E-state index contributed by atoms with van der Waals surface area (Å²) in [5.74, 6) is -5.38. The number of pyridine rings is 2. The number of amides is 6. The fourth-order valence-electron chi connectivity index (χ4n) is 17.0. The van der Waals surface area contributed by atoms with Gasteiger partial charge in [-0.2, -0.15) is 0 Å². The molecule has 42 heteroatoms. The maximum Gasteiger partial charge on any atom is 0.407 e. The van der Waals surface area contributed by atoms with Crippen molar-refractivity contribution in [3.8, 4) is 39.7 Å². The number of unbranched alkanes of at least 4 members (excludes halogenated alkanes) is 2. The zero-order valence-corrected chi connectivity index (χ0v) is 79.8. The number of ether oxygens (including phenoxy) is 16. The number of carboxylic acid groups (broad SMARTS) is 1.